The summed E-state index contributed by atoms with van der Waals surface area (Å²) >= 11 is 0. The van der Waals surface area contributed by atoms with Gasteiger partial charge in [-0.3, -0.25) is 9.78 Å². The first-order chi connectivity index (χ1) is 11.8. The molecule has 120 valence electrons. The molecule has 0 bridgehead atoms. The third-order valence-corrected chi connectivity index (χ3v) is 4.59. The summed E-state index contributed by atoms with van der Waals surface area (Å²) in [6.45, 7) is 1.17. The summed E-state index contributed by atoms with van der Waals surface area (Å²) in [5.41, 5.74) is 1.89. The van der Waals surface area contributed by atoms with Crippen LogP contribution in [0.3, 0.4) is 0 Å². The highest BCUT2D eigenvalue weighted by atomic mass is 16.5. The Balaban J connectivity index is 1.29. The molecule has 0 spiro atoms. The van der Waals surface area contributed by atoms with Gasteiger partial charge >= 0.3 is 0 Å². The number of nitrogens with zero attached hydrogens (tertiary/aromatic N) is 5. The van der Waals surface area contributed by atoms with Gasteiger partial charge in [0.15, 0.2) is 5.82 Å². The maximum absolute atomic E-state index is 12.5. The largest absolute Gasteiger partial charge is 0.339 e. The topological polar surface area (TPSA) is 85.0 Å². The number of carbonyl (C=O) groups excluding carboxylic acids is 1. The summed E-state index contributed by atoms with van der Waals surface area (Å²) in [7, 11) is 0. The first-order valence-corrected chi connectivity index (χ1v) is 8.12. The smallest absolute Gasteiger partial charge is 0.274 e. The summed E-state index contributed by atoms with van der Waals surface area (Å²) in [6.07, 6.45) is 3.83. The molecule has 3 heterocycles. The van der Waals surface area contributed by atoms with Crippen LogP contribution in [0.1, 0.15) is 46.9 Å². The van der Waals surface area contributed by atoms with Crippen LogP contribution in [-0.2, 0) is 0 Å². The minimum absolute atomic E-state index is 0.105. The van der Waals surface area contributed by atoms with E-state index in [-0.39, 0.29) is 11.8 Å². The highest BCUT2D eigenvalue weighted by Crippen LogP contribution is 2.39. The number of para-hydroxylation sites is 2. The first-order valence-electron chi connectivity index (χ1n) is 8.12. The van der Waals surface area contributed by atoms with Gasteiger partial charge < -0.3 is 9.42 Å². The Morgan fingerprint density at radius 3 is 2.67 bits per heavy atom. The van der Waals surface area contributed by atoms with Crippen LogP contribution >= 0.6 is 0 Å². The van der Waals surface area contributed by atoms with E-state index in [4.69, 9.17) is 4.52 Å². The van der Waals surface area contributed by atoms with Crippen LogP contribution in [-0.4, -0.2) is 44.0 Å². The maximum atomic E-state index is 12.5. The van der Waals surface area contributed by atoms with Gasteiger partial charge in [0.25, 0.3) is 5.91 Å². The molecular formula is C17H15N5O2. The van der Waals surface area contributed by atoms with E-state index in [0.717, 1.165) is 29.7 Å². The molecule has 7 heteroatoms. The van der Waals surface area contributed by atoms with E-state index in [1.807, 2.05) is 24.3 Å². The molecule has 0 unspecified atom stereocenters. The Bertz CT molecular complexity index is 927. The molecule has 2 fully saturated rings. The zero-order valence-electron chi connectivity index (χ0n) is 12.9. The average molecular weight is 321 g/mol. The molecule has 5 rings (SSSR count). The third-order valence-electron chi connectivity index (χ3n) is 4.59. The van der Waals surface area contributed by atoms with Gasteiger partial charge in [0.1, 0.15) is 5.69 Å². The minimum atomic E-state index is -0.105. The number of rotatable bonds is 3. The zero-order chi connectivity index (χ0) is 16.1. The van der Waals surface area contributed by atoms with Crippen molar-refractivity contribution in [3.63, 3.8) is 0 Å². The highest BCUT2D eigenvalue weighted by Gasteiger charge is 2.38. The molecule has 2 aromatic heterocycles. The van der Waals surface area contributed by atoms with E-state index in [9.17, 15) is 4.79 Å². The van der Waals surface area contributed by atoms with Crippen LogP contribution in [0.4, 0.5) is 0 Å². The van der Waals surface area contributed by atoms with Crippen LogP contribution in [0.25, 0.3) is 11.0 Å². The van der Waals surface area contributed by atoms with Gasteiger partial charge in [-0.2, -0.15) is 4.98 Å². The van der Waals surface area contributed by atoms with Gasteiger partial charge in [0, 0.05) is 19.0 Å². The third kappa shape index (κ3) is 2.24. The Labute approximate surface area is 137 Å². The van der Waals surface area contributed by atoms with Gasteiger partial charge in [-0.1, -0.05) is 17.3 Å². The van der Waals surface area contributed by atoms with E-state index < -0.39 is 0 Å². The van der Waals surface area contributed by atoms with E-state index in [2.05, 4.69) is 20.1 Å². The second kappa shape index (κ2) is 5.09. The molecule has 2 aliphatic rings. The average Bonchev–Trinajstić information content (AvgIpc) is 3.32. The number of fused-ring (bicyclic) bond motifs is 1. The summed E-state index contributed by atoms with van der Waals surface area (Å²) in [5.74, 6) is 1.96. The van der Waals surface area contributed by atoms with Gasteiger partial charge in [-0.05, 0) is 25.0 Å². The van der Waals surface area contributed by atoms with E-state index in [1.54, 1.807) is 4.90 Å². The molecular weight excluding hydrogens is 306 g/mol. The van der Waals surface area contributed by atoms with Crippen LogP contribution in [0.5, 0.6) is 0 Å². The normalized spacial score (nSPS) is 17.9. The monoisotopic (exact) mass is 321 g/mol. The van der Waals surface area contributed by atoms with E-state index in [0.29, 0.717) is 30.6 Å². The van der Waals surface area contributed by atoms with E-state index in [1.165, 1.54) is 6.20 Å². The SMILES string of the molecule is O=C(c1cnc2ccccc2n1)N1CC(c2nc(C3CC3)no2)C1. The van der Waals surface area contributed by atoms with Crippen LogP contribution in [0.2, 0.25) is 0 Å². The summed E-state index contributed by atoms with van der Waals surface area (Å²) in [6, 6.07) is 7.52. The van der Waals surface area contributed by atoms with Crippen molar-refractivity contribution in [2.24, 2.45) is 0 Å². The van der Waals surface area contributed by atoms with Crippen molar-refractivity contribution >= 4 is 16.9 Å². The van der Waals surface area contributed by atoms with Gasteiger partial charge in [-0.15, -0.1) is 0 Å². The standard InChI is InChI=1S/C17H15N5O2/c23-17(14-7-18-12-3-1-2-4-13(12)19-14)22-8-11(9-22)16-20-15(21-24-16)10-5-6-10/h1-4,7,10-11H,5-6,8-9H2. The zero-order valence-corrected chi connectivity index (χ0v) is 12.9. The first kappa shape index (κ1) is 13.6. The lowest BCUT2D eigenvalue weighted by Crippen LogP contribution is -2.48. The molecule has 1 aliphatic heterocycles. The fourth-order valence-corrected chi connectivity index (χ4v) is 2.94. The molecule has 1 aromatic carbocycles. The summed E-state index contributed by atoms with van der Waals surface area (Å²) in [4.78, 5) is 27.4. The predicted molar refractivity (Wildman–Crippen MR) is 84.5 cm³/mol. The highest BCUT2D eigenvalue weighted by molar-refractivity contribution is 5.94. The molecule has 1 saturated carbocycles. The Morgan fingerprint density at radius 1 is 1.08 bits per heavy atom. The van der Waals surface area contributed by atoms with Crippen molar-refractivity contribution in [2.75, 3.05) is 13.1 Å². The number of likely N-dealkylation sites (tertiary alicyclic amines) is 1. The lowest BCUT2D eigenvalue weighted by atomic mass is 9.99. The van der Waals surface area contributed by atoms with Crippen molar-refractivity contribution in [3.05, 3.63) is 47.9 Å². The Morgan fingerprint density at radius 2 is 1.88 bits per heavy atom. The second-order valence-corrected chi connectivity index (χ2v) is 6.42. The van der Waals surface area contributed by atoms with Crippen LogP contribution < -0.4 is 0 Å². The summed E-state index contributed by atoms with van der Waals surface area (Å²) in [5, 5.41) is 4.03. The number of benzene rings is 1. The Hall–Kier alpha value is -2.83. The number of carbonyl (C=O) groups is 1. The van der Waals surface area contributed by atoms with Crippen molar-refractivity contribution in [2.45, 2.75) is 24.7 Å². The lowest BCUT2D eigenvalue weighted by molar-refractivity contribution is 0.0563. The maximum Gasteiger partial charge on any atom is 0.274 e. The molecule has 0 atom stereocenters. The lowest BCUT2D eigenvalue weighted by Gasteiger charge is -2.36. The fraction of sp³-hybridized carbons (Fsp3) is 0.353. The molecule has 24 heavy (non-hydrogen) atoms. The Kier molecular flexibility index (Phi) is 2.88. The number of hydrogen-bond donors (Lipinski definition) is 0. The van der Waals surface area contributed by atoms with Gasteiger partial charge in [0.2, 0.25) is 5.89 Å². The molecule has 0 N–H and O–H groups in total. The number of amides is 1. The summed E-state index contributed by atoms with van der Waals surface area (Å²) < 4.78 is 5.33. The second-order valence-electron chi connectivity index (χ2n) is 6.42. The van der Waals surface area contributed by atoms with E-state index >= 15 is 0 Å². The van der Waals surface area contributed by atoms with Crippen molar-refractivity contribution in [3.8, 4) is 0 Å². The molecule has 3 aromatic rings. The fourth-order valence-electron chi connectivity index (χ4n) is 2.94. The van der Waals surface area contributed by atoms with Crippen molar-refractivity contribution in [1.29, 1.82) is 0 Å². The van der Waals surface area contributed by atoms with Crippen molar-refractivity contribution in [1.82, 2.24) is 25.0 Å². The van der Waals surface area contributed by atoms with Crippen LogP contribution in [0.15, 0.2) is 35.0 Å². The minimum Gasteiger partial charge on any atom is -0.339 e. The van der Waals surface area contributed by atoms with Crippen LogP contribution in [0, 0.1) is 0 Å². The van der Waals surface area contributed by atoms with Gasteiger partial charge in [-0.25, -0.2) is 4.98 Å². The van der Waals surface area contributed by atoms with Gasteiger partial charge in [0.05, 0.1) is 23.1 Å². The predicted octanol–water partition coefficient (Wildman–Crippen LogP) is 2.13. The number of hydrogen-bond acceptors (Lipinski definition) is 6. The molecule has 1 saturated heterocycles. The molecule has 0 radical (unpaired) electrons. The molecule has 7 nitrogen and oxygen atoms in total. The molecule has 1 aliphatic carbocycles. The molecule has 1 amide bonds. The van der Waals surface area contributed by atoms with Crippen molar-refractivity contribution < 1.29 is 9.32 Å². The quantitative estimate of drug-likeness (QED) is 0.734. The number of aromatic nitrogens is 4.